The molecule has 15 nitrogen and oxygen atoms in total. The maximum atomic E-state index is 13.9. The zero-order valence-electron chi connectivity index (χ0n) is 38.0. The highest BCUT2D eigenvalue weighted by atomic mass is 35.5. The number of anilines is 2. The SMILES string of the molecule is C.C.CC(C)N1CCN(c2cccc(-c3nc4cc(F)cc(CO)c4c(=O)[nH]3)n2)CC1.CC(C)N1CCN(c2cccc(-c3nc4cc(OCc5ccccc5)cc(CO)c4c(=O)[nH]3)n2)CC1.Cl.Cl. The number of rotatable bonds is 11. The Bertz CT molecular complexity index is 2890. The Hall–Kier alpha value is -6.01. The summed E-state index contributed by atoms with van der Waals surface area (Å²) < 4.78 is 19.8. The number of benzene rings is 3. The summed E-state index contributed by atoms with van der Waals surface area (Å²) in [7, 11) is 0. The first-order chi connectivity index (χ1) is 31.5. The molecule has 69 heavy (non-hydrogen) atoms. The molecule has 7 aromatic rings. The molecule has 4 aromatic heterocycles. The Balaban J connectivity index is 0.000000290. The number of hydrogen-bond acceptors (Lipinski definition) is 13. The number of pyridine rings is 2. The monoisotopic (exact) mass is 986 g/mol. The highest BCUT2D eigenvalue weighted by Crippen LogP contribution is 2.27. The van der Waals surface area contributed by atoms with Gasteiger partial charge in [0.1, 0.15) is 41.2 Å². The molecule has 4 N–H and O–H groups in total. The van der Waals surface area contributed by atoms with Crippen molar-refractivity contribution in [2.75, 3.05) is 62.2 Å². The summed E-state index contributed by atoms with van der Waals surface area (Å²) in [5.74, 6) is 2.36. The molecule has 2 fully saturated rings. The standard InChI is InChI=1S/C28H31N5O3.C21H24FN5O2.2CH4.2ClH/c1-19(2)32-11-13-33(14-12-32)25-10-6-9-23(29-25)27-30-24-16-22(36-18-20-7-4-3-5-8-20)15-21(17-34)26(24)28(35)31-27;1-13(2)26-6-8-27(9-7-26)18-5-3-4-16(23-18)20-24-17-11-15(22)10-14(12-28)19(17)21(29)25-20;;;;/h3-10,15-16,19,34H,11-14,17-18H2,1-2H3,(H,30,31,35);3-5,10-11,13,28H,6-9,12H2,1-2H3,(H,24,25,29);2*1H4;2*1H. The van der Waals surface area contributed by atoms with Crippen LogP contribution in [0.3, 0.4) is 0 Å². The molecular weight excluding hydrogens is 923 g/mol. The molecule has 0 bridgehead atoms. The lowest BCUT2D eigenvalue weighted by atomic mass is 10.1. The summed E-state index contributed by atoms with van der Waals surface area (Å²) in [5.41, 5.74) is 2.75. The van der Waals surface area contributed by atoms with E-state index in [0.717, 1.165) is 75.6 Å². The van der Waals surface area contributed by atoms with Gasteiger partial charge in [-0.25, -0.2) is 24.3 Å². The molecule has 370 valence electrons. The number of aromatic nitrogens is 6. The van der Waals surface area contributed by atoms with E-state index in [4.69, 9.17) is 14.7 Å². The molecule has 9 rings (SSSR count). The molecule has 0 spiro atoms. The normalized spacial score (nSPS) is 14.0. The molecule has 0 atom stereocenters. The molecule has 0 radical (unpaired) electrons. The van der Waals surface area contributed by atoms with Crippen molar-refractivity contribution >= 4 is 58.3 Å². The lowest BCUT2D eigenvalue weighted by Crippen LogP contribution is -2.49. The fraction of sp³-hybridized carbons (Fsp3) is 0.373. The molecule has 6 heterocycles. The fourth-order valence-corrected chi connectivity index (χ4v) is 8.36. The van der Waals surface area contributed by atoms with Gasteiger partial charge in [0.2, 0.25) is 0 Å². The first kappa shape index (κ1) is 55.6. The summed E-state index contributed by atoms with van der Waals surface area (Å²) in [5, 5.41) is 19.9. The predicted octanol–water partition coefficient (Wildman–Crippen LogP) is 7.85. The average molecular weight is 988 g/mol. The van der Waals surface area contributed by atoms with Gasteiger partial charge in [-0.05, 0) is 80.8 Å². The van der Waals surface area contributed by atoms with Crippen molar-refractivity contribution < 1.29 is 19.3 Å². The van der Waals surface area contributed by atoms with E-state index >= 15 is 0 Å². The summed E-state index contributed by atoms with van der Waals surface area (Å²) in [4.78, 5) is 59.2. The van der Waals surface area contributed by atoms with E-state index in [1.807, 2.05) is 60.7 Å². The number of aromatic amines is 2. The number of nitrogens with zero attached hydrogens (tertiary/aromatic N) is 8. The van der Waals surface area contributed by atoms with Crippen molar-refractivity contribution in [1.82, 2.24) is 39.7 Å². The van der Waals surface area contributed by atoms with Gasteiger partial charge >= 0.3 is 0 Å². The van der Waals surface area contributed by atoms with Crippen LogP contribution in [0.5, 0.6) is 5.75 Å². The van der Waals surface area contributed by atoms with E-state index in [1.165, 1.54) is 6.07 Å². The Kier molecular flexibility index (Phi) is 20.2. The topological polar surface area (TPSA) is 180 Å². The minimum Gasteiger partial charge on any atom is -0.489 e. The first-order valence-electron chi connectivity index (χ1n) is 22.1. The largest absolute Gasteiger partial charge is 0.489 e. The summed E-state index contributed by atoms with van der Waals surface area (Å²) >= 11 is 0. The number of aliphatic hydroxyl groups is 2. The number of halogens is 3. The van der Waals surface area contributed by atoms with E-state index in [9.17, 15) is 24.2 Å². The van der Waals surface area contributed by atoms with Crippen LogP contribution in [0.2, 0.25) is 0 Å². The van der Waals surface area contributed by atoms with Gasteiger partial charge in [-0.3, -0.25) is 19.4 Å². The van der Waals surface area contributed by atoms with Crippen LogP contribution in [0.25, 0.3) is 44.8 Å². The molecule has 2 aliphatic rings. The maximum absolute atomic E-state index is 13.9. The molecule has 3 aromatic carbocycles. The highest BCUT2D eigenvalue weighted by molar-refractivity contribution is 5.86. The van der Waals surface area contributed by atoms with Crippen molar-refractivity contribution in [2.24, 2.45) is 0 Å². The third kappa shape index (κ3) is 13.0. The number of piperazine rings is 2. The molecule has 18 heteroatoms. The van der Waals surface area contributed by atoms with Gasteiger partial charge in [-0.15, -0.1) is 24.8 Å². The number of hydrogen-bond donors (Lipinski definition) is 4. The van der Waals surface area contributed by atoms with Crippen molar-refractivity contribution in [3.8, 4) is 28.8 Å². The molecule has 2 aliphatic heterocycles. The van der Waals surface area contributed by atoms with Crippen LogP contribution in [-0.4, -0.2) is 114 Å². The smallest absolute Gasteiger partial charge is 0.259 e. The van der Waals surface area contributed by atoms with Gasteiger partial charge in [-0.2, -0.15) is 0 Å². The lowest BCUT2D eigenvalue weighted by Gasteiger charge is -2.37. The zero-order valence-corrected chi connectivity index (χ0v) is 39.6. The van der Waals surface area contributed by atoms with Crippen LogP contribution in [0.1, 0.15) is 59.2 Å². The summed E-state index contributed by atoms with van der Waals surface area (Å²) in [6, 6.07) is 28.0. The Morgan fingerprint density at radius 2 is 1.04 bits per heavy atom. The predicted molar refractivity (Wildman–Crippen MR) is 280 cm³/mol. The van der Waals surface area contributed by atoms with Gasteiger partial charge in [0, 0.05) is 76.6 Å². The second-order valence-electron chi connectivity index (χ2n) is 16.9. The molecular formula is C51H65Cl2FN10O5. The van der Waals surface area contributed by atoms with E-state index in [1.54, 1.807) is 18.2 Å². The van der Waals surface area contributed by atoms with E-state index in [-0.39, 0.29) is 74.1 Å². The molecule has 0 saturated carbocycles. The minimum atomic E-state index is -0.546. The van der Waals surface area contributed by atoms with Crippen molar-refractivity contribution in [1.29, 1.82) is 0 Å². The highest BCUT2D eigenvalue weighted by Gasteiger charge is 2.22. The van der Waals surface area contributed by atoms with Gasteiger partial charge < -0.3 is 34.7 Å². The maximum Gasteiger partial charge on any atom is 0.259 e. The van der Waals surface area contributed by atoms with E-state index < -0.39 is 18.0 Å². The zero-order chi connectivity index (χ0) is 45.6. The van der Waals surface area contributed by atoms with Crippen LogP contribution in [0.4, 0.5) is 16.0 Å². The van der Waals surface area contributed by atoms with Crippen molar-refractivity contribution in [3.63, 3.8) is 0 Å². The Morgan fingerprint density at radius 1 is 0.594 bits per heavy atom. The third-order valence-corrected chi connectivity index (χ3v) is 12.0. The number of aliphatic hydroxyl groups excluding tert-OH is 2. The van der Waals surface area contributed by atoms with E-state index in [0.29, 0.717) is 58.1 Å². The van der Waals surface area contributed by atoms with Gasteiger partial charge in [0.25, 0.3) is 11.1 Å². The molecule has 2 saturated heterocycles. The quantitative estimate of drug-likeness (QED) is 0.0986. The Morgan fingerprint density at radius 3 is 1.49 bits per heavy atom. The average Bonchev–Trinajstić information content (AvgIpc) is 3.33. The van der Waals surface area contributed by atoms with E-state index in [2.05, 4.69) is 67.2 Å². The van der Waals surface area contributed by atoms with Gasteiger partial charge in [0.15, 0.2) is 11.6 Å². The van der Waals surface area contributed by atoms with Gasteiger partial charge in [-0.1, -0.05) is 57.3 Å². The third-order valence-electron chi connectivity index (χ3n) is 12.0. The first-order valence-corrected chi connectivity index (χ1v) is 22.1. The Labute approximate surface area is 415 Å². The van der Waals surface area contributed by atoms with Crippen LogP contribution in [0, 0.1) is 5.82 Å². The van der Waals surface area contributed by atoms with Crippen molar-refractivity contribution in [3.05, 3.63) is 134 Å². The number of H-pyrrole nitrogens is 2. The second kappa shape index (κ2) is 25.0. The van der Waals surface area contributed by atoms with Gasteiger partial charge in [0.05, 0.1) is 35.0 Å². The summed E-state index contributed by atoms with van der Waals surface area (Å²) in [6.45, 7) is 16.0. The number of fused-ring (bicyclic) bond motifs is 2. The second-order valence-corrected chi connectivity index (χ2v) is 16.9. The van der Waals surface area contributed by atoms with Crippen LogP contribution < -0.4 is 25.7 Å². The lowest BCUT2D eigenvalue weighted by molar-refractivity contribution is 0.209. The van der Waals surface area contributed by atoms with Crippen LogP contribution in [-0.2, 0) is 19.8 Å². The fourth-order valence-electron chi connectivity index (χ4n) is 8.36. The summed E-state index contributed by atoms with van der Waals surface area (Å²) in [6.07, 6.45) is 0. The molecule has 0 unspecified atom stereocenters. The molecule has 0 amide bonds. The van der Waals surface area contributed by atoms with Crippen LogP contribution >= 0.6 is 24.8 Å². The molecule has 0 aliphatic carbocycles. The van der Waals surface area contributed by atoms with Crippen LogP contribution in [0.15, 0.2) is 101 Å². The van der Waals surface area contributed by atoms with Crippen molar-refractivity contribution in [2.45, 2.75) is 74.5 Å². The minimum absolute atomic E-state index is 0. The number of ether oxygens (including phenoxy) is 1. The number of nitrogens with one attached hydrogen (secondary N) is 2.